The molecule has 1 rings (SSSR count). The zero-order valence-electron chi connectivity index (χ0n) is 7.67. The van der Waals surface area contributed by atoms with Crippen LogP contribution in [0.1, 0.15) is 5.56 Å². The summed E-state index contributed by atoms with van der Waals surface area (Å²) >= 11 is 0. The predicted molar refractivity (Wildman–Crippen MR) is 47.7 cm³/mol. The third-order valence-electron chi connectivity index (χ3n) is 1.78. The number of Topliss-reactive ketones (excluding diaryl/α,β-unsaturated/α-hetero) is 1. The van der Waals surface area contributed by atoms with E-state index in [-0.39, 0.29) is 6.42 Å². The van der Waals surface area contributed by atoms with Crippen LogP contribution < -0.4 is 4.74 Å². The summed E-state index contributed by atoms with van der Waals surface area (Å²) < 4.78 is 28.7. The maximum absolute atomic E-state index is 11.9. The highest BCUT2D eigenvalue weighted by molar-refractivity contribution is 5.83. The van der Waals surface area contributed by atoms with E-state index in [9.17, 15) is 13.6 Å². The van der Waals surface area contributed by atoms with Gasteiger partial charge in [0.05, 0.1) is 7.11 Å². The Balaban J connectivity index is 2.64. The Labute approximate surface area is 80.5 Å². The van der Waals surface area contributed by atoms with Crippen molar-refractivity contribution in [3.05, 3.63) is 29.8 Å². The fourth-order valence-corrected chi connectivity index (χ4v) is 1.02. The number of rotatable bonds is 4. The molecular weight excluding hydrogens is 190 g/mol. The number of halogens is 2. The quantitative estimate of drug-likeness (QED) is 0.743. The molecule has 0 aliphatic rings. The normalized spacial score (nSPS) is 10.3. The summed E-state index contributed by atoms with van der Waals surface area (Å²) in [6.45, 7) is 0. The molecule has 1 aromatic carbocycles. The van der Waals surface area contributed by atoms with E-state index < -0.39 is 12.2 Å². The van der Waals surface area contributed by atoms with Gasteiger partial charge in [0.2, 0.25) is 5.78 Å². The monoisotopic (exact) mass is 200 g/mol. The Kier molecular flexibility index (Phi) is 3.56. The van der Waals surface area contributed by atoms with Gasteiger partial charge in [-0.15, -0.1) is 0 Å². The molecule has 0 aromatic heterocycles. The van der Waals surface area contributed by atoms with E-state index in [2.05, 4.69) is 0 Å². The Morgan fingerprint density at radius 2 is 1.93 bits per heavy atom. The molecule has 0 aliphatic carbocycles. The molecule has 0 fully saturated rings. The van der Waals surface area contributed by atoms with Gasteiger partial charge < -0.3 is 4.74 Å². The van der Waals surface area contributed by atoms with Crippen LogP contribution in [-0.4, -0.2) is 19.3 Å². The second kappa shape index (κ2) is 4.69. The molecule has 0 amide bonds. The van der Waals surface area contributed by atoms with Gasteiger partial charge in [0, 0.05) is 6.42 Å². The molecule has 2 nitrogen and oxygen atoms in total. The molecule has 0 unspecified atom stereocenters. The number of benzene rings is 1. The van der Waals surface area contributed by atoms with Gasteiger partial charge in [-0.25, -0.2) is 8.78 Å². The first-order chi connectivity index (χ1) is 6.63. The van der Waals surface area contributed by atoms with E-state index in [1.54, 1.807) is 24.3 Å². The van der Waals surface area contributed by atoms with Crippen molar-refractivity contribution < 1.29 is 18.3 Å². The van der Waals surface area contributed by atoms with Crippen molar-refractivity contribution >= 4 is 5.78 Å². The lowest BCUT2D eigenvalue weighted by atomic mass is 10.1. The third-order valence-corrected chi connectivity index (χ3v) is 1.78. The van der Waals surface area contributed by atoms with E-state index in [1.807, 2.05) is 0 Å². The van der Waals surface area contributed by atoms with E-state index >= 15 is 0 Å². The van der Waals surface area contributed by atoms with Gasteiger partial charge >= 0.3 is 0 Å². The number of carbonyl (C=O) groups is 1. The van der Waals surface area contributed by atoms with E-state index in [4.69, 9.17) is 4.74 Å². The average Bonchev–Trinajstić information content (AvgIpc) is 2.19. The topological polar surface area (TPSA) is 26.3 Å². The predicted octanol–water partition coefficient (Wildman–Crippen LogP) is 2.07. The van der Waals surface area contributed by atoms with Crippen LogP contribution in [0.5, 0.6) is 5.75 Å². The summed E-state index contributed by atoms with van der Waals surface area (Å²) in [5.74, 6) is -0.423. The van der Waals surface area contributed by atoms with Gasteiger partial charge in [0.1, 0.15) is 5.75 Å². The Hall–Kier alpha value is -1.45. The fourth-order valence-electron chi connectivity index (χ4n) is 1.02. The van der Waals surface area contributed by atoms with Gasteiger partial charge in [-0.05, 0) is 17.7 Å². The highest BCUT2D eigenvalue weighted by Gasteiger charge is 2.15. The molecule has 0 N–H and O–H groups in total. The zero-order valence-corrected chi connectivity index (χ0v) is 7.67. The fraction of sp³-hybridized carbons (Fsp3) is 0.300. The standard InChI is InChI=1S/C10H10F2O2/c1-14-8-4-2-7(3-5-8)6-9(13)10(11)12/h2-5,10H,6H2,1H3. The van der Waals surface area contributed by atoms with Gasteiger partial charge in [-0.3, -0.25) is 4.79 Å². The molecule has 0 atom stereocenters. The SMILES string of the molecule is COc1ccc(CC(=O)C(F)F)cc1. The maximum Gasteiger partial charge on any atom is 0.296 e. The first-order valence-corrected chi connectivity index (χ1v) is 4.07. The van der Waals surface area contributed by atoms with Crippen LogP contribution in [0.3, 0.4) is 0 Å². The molecular formula is C10H10F2O2. The third kappa shape index (κ3) is 2.80. The summed E-state index contributed by atoms with van der Waals surface area (Å²) in [6.07, 6.45) is -3.13. The van der Waals surface area contributed by atoms with Crippen molar-refractivity contribution in [2.45, 2.75) is 12.8 Å². The van der Waals surface area contributed by atoms with Gasteiger partial charge in [0.25, 0.3) is 6.43 Å². The van der Waals surface area contributed by atoms with Crippen LogP contribution in [0, 0.1) is 0 Å². The molecule has 1 aromatic rings. The molecule has 4 heteroatoms. The first-order valence-electron chi connectivity index (χ1n) is 4.07. The minimum Gasteiger partial charge on any atom is -0.497 e. The number of hydrogen-bond donors (Lipinski definition) is 0. The molecule has 0 bridgehead atoms. The van der Waals surface area contributed by atoms with Crippen LogP contribution in [0.4, 0.5) is 8.78 Å². The largest absolute Gasteiger partial charge is 0.497 e. The highest BCUT2D eigenvalue weighted by atomic mass is 19.3. The molecule has 14 heavy (non-hydrogen) atoms. The van der Waals surface area contributed by atoms with Crippen molar-refractivity contribution in [2.75, 3.05) is 7.11 Å². The molecule has 0 spiro atoms. The minimum absolute atomic E-state index is 0.234. The maximum atomic E-state index is 11.9. The lowest BCUT2D eigenvalue weighted by Crippen LogP contribution is -2.12. The van der Waals surface area contributed by atoms with Crippen molar-refractivity contribution in [1.29, 1.82) is 0 Å². The molecule has 0 saturated carbocycles. The first kappa shape index (κ1) is 10.6. The second-order valence-corrected chi connectivity index (χ2v) is 2.79. The Morgan fingerprint density at radius 1 is 1.36 bits per heavy atom. The van der Waals surface area contributed by atoms with Crippen LogP contribution >= 0.6 is 0 Å². The number of alkyl halides is 2. The zero-order chi connectivity index (χ0) is 10.6. The van der Waals surface area contributed by atoms with Crippen LogP contribution in [-0.2, 0) is 11.2 Å². The number of ketones is 1. The highest BCUT2D eigenvalue weighted by Crippen LogP contribution is 2.12. The summed E-state index contributed by atoms with van der Waals surface area (Å²) in [7, 11) is 1.51. The second-order valence-electron chi connectivity index (χ2n) is 2.79. The van der Waals surface area contributed by atoms with Crippen LogP contribution in [0.2, 0.25) is 0 Å². The Bertz CT molecular complexity index is 306. The van der Waals surface area contributed by atoms with E-state index in [1.165, 1.54) is 7.11 Å². The number of methoxy groups -OCH3 is 1. The lowest BCUT2D eigenvalue weighted by molar-refractivity contribution is -0.128. The molecule has 0 aliphatic heterocycles. The molecule has 0 saturated heterocycles. The van der Waals surface area contributed by atoms with Crippen LogP contribution in [0.15, 0.2) is 24.3 Å². The number of carbonyl (C=O) groups excluding carboxylic acids is 1. The molecule has 0 heterocycles. The smallest absolute Gasteiger partial charge is 0.296 e. The van der Waals surface area contributed by atoms with Gasteiger partial charge in [-0.2, -0.15) is 0 Å². The van der Waals surface area contributed by atoms with Crippen molar-refractivity contribution in [1.82, 2.24) is 0 Å². The lowest BCUT2D eigenvalue weighted by Gasteiger charge is -2.02. The van der Waals surface area contributed by atoms with Crippen molar-refractivity contribution in [3.8, 4) is 5.75 Å². The van der Waals surface area contributed by atoms with E-state index in [0.29, 0.717) is 11.3 Å². The van der Waals surface area contributed by atoms with Gasteiger partial charge in [-0.1, -0.05) is 12.1 Å². The average molecular weight is 200 g/mol. The van der Waals surface area contributed by atoms with Gasteiger partial charge in [0.15, 0.2) is 0 Å². The summed E-state index contributed by atoms with van der Waals surface area (Å²) in [5, 5.41) is 0. The van der Waals surface area contributed by atoms with Crippen molar-refractivity contribution in [3.63, 3.8) is 0 Å². The summed E-state index contributed by atoms with van der Waals surface area (Å²) in [5.41, 5.74) is 0.566. The van der Waals surface area contributed by atoms with Crippen molar-refractivity contribution in [2.24, 2.45) is 0 Å². The van der Waals surface area contributed by atoms with Crippen LogP contribution in [0.25, 0.3) is 0 Å². The summed E-state index contributed by atoms with van der Waals surface area (Å²) in [4.78, 5) is 10.7. The Morgan fingerprint density at radius 3 is 2.36 bits per heavy atom. The van der Waals surface area contributed by atoms with E-state index in [0.717, 1.165) is 0 Å². The number of ether oxygens (including phenoxy) is 1. The molecule has 0 radical (unpaired) electrons. The summed E-state index contributed by atoms with van der Waals surface area (Å²) in [6, 6.07) is 6.46. The minimum atomic E-state index is -2.89. The number of hydrogen-bond acceptors (Lipinski definition) is 2. The molecule has 76 valence electrons.